The van der Waals surface area contributed by atoms with Crippen molar-refractivity contribution in [2.75, 3.05) is 0 Å². The van der Waals surface area contributed by atoms with Gasteiger partial charge in [0.1, 0.15) is 10.3 Å². The lowest BCUT2D eigenvalue weighted by molar-refractivity contribution is 1.30. The van der Waals surface area contributed by atoms with E-state index >= 15 is 0 Å². The van der Waals surface area contributed by atoms with E-state index in [9.17, 15) is 0 Å². The minimum absolute atomic E-state index is 0.759. The molecule has 2 rings (SSSR count). The van der Waals surface area contributed by atoms with Crippen LogP contribution in [0.15, 0.2) is 24.4 Å². The van der Waals surface area contributed by atoms with Crippen LogP contribution in [0.25, 0.3) is 11.0 Å². The molecule has 3 heteroatoms. The van der Waals surface area contributed by atoms with E-state index in [1.165, 1.54) is 0 Å². The molecule has 0 atom stereocenters. The average Bonchev–Trinajstić information content (AvgIpc) is 2.33. The number of hydrogen-bond donors (Lipinski definition) is 2. The van der Waals surface area contributed by atoms with E-state index in [0.717, 1.165) is 15.7 Å². The van der Waals surface area contributed by atoms with Gasteiger partial charge >= 0.3 is 0 Å². The fourth-order valence-electron chi connectivity index (χ4n) is 0.959. The molecule has 0 aliphatic rings. The van der Waals surface area contributed by atoms with Crippen molar-refractivity contribution in [1.82, 2.24) is 9.97 Å². The Morgan fingerprint density at radius 2 is 2.10 bits per heavy atom. The summed E-state index contributed by atoms with van der Waals surface area (Å²) in [6, 6.07) is 5.87. The first-order chi connectivity index (χ1) is 4.86. The molecule has 50 valence electrons. The fourth-order valence-corrected chi connectivity index (χ4v) is 1.13. The number of aromatic amines is 2. The van der Waals surface area contributed by atoms with Crippen molar-refractivity contribution in [2.45, 2.75) is 0 Å². The van der Waals surface area contributed by atoms with Crippen LogP contribution in [0.2, 0.25) is 0 Å². The molecule has 2 N–H and O–H groups in total. The Kier molecular flexibility index (Phi) is 1.11. The zero-order valence-corrected chi connectivity index (χ0v) is 6.03. The number of pyridine rings is 1. The summed E-state index contributed by atoms with van der Waals surface area (Å²) in [4.78, 5) is 6.07. The van der Waals surface area contributed by atoms with Crippen LogP contribution in [0.5, 0.6) is 0 Å². The second kappa shape index (κ2) is 1.95. The van der Waals surface area contributed by atoms with E-state index in [-0.39, 0.29) is 0 Å². The minimum Gasteiger partial charge on any atom is -0.348 e. The van der Waals surface area contributed by atoms with Crippen molar-refractivity contribution >= 4 is 23.3 Å². The lowest BCUT2D eigenvalue weighted by Gasteiger charge is -1.86. The van der Waals surface area contributed by atoms with Gasteiger partial charge in [-0.1, -0.05) is 12.2 Å². The summed E-state index contributed by atoms with van der Waals surface area (Å²) in [7, 11) is 0. The van der Waals surface area contributed by atoms with Crippen LogP contribution < -0.4 is 0 Å². The molecular formula is C7H6N2S. The number of fused-ring (bicyclic) bond motifs is 1. The number of hydrogen-bond acceptors (Lipinski definition) is 1. The maximum Gasteiger partial charge on any atom is 0.115 e. The van der Waals surface area contributed by atoms with Gasteiger partial charge in [-0.2, -0.15) is 0 Å². The van der Waals surface area contributed by atoms with Gasteiger partial charge in [-0.3, -0.25) is 0 Å². The Hall–Kier alpha value is -1.09. The molecule has 0 amide bonds. The largest absolute Gasteiger partial charge is 0.348 e. The van der Waals surface area contributed by atoms with Crippen LogP contribution in [-0.4, -0.2) is 9.97 Å². The Labute approximate surface area is 62.9 Å². The van der Waals surface area contributed by atoms with Crippen molar-refractivity contribution < 1.29 is 0 Å². The van der Waals surface area contributed by atoms with Crippen molar-refractivity contribution in [3.63, 3.8) is 0 Å². The number of H-pyrrole nitrogens is 2. The molecule has 0 unspecified atom stereocenters. The first-order valence-corrected chi connectivity index (χ1v) is 3.43. The van der Waals surface area contributed by atoms with E-state index in [1.807, 2.05) is 24.4 Å². The molecule has 0 aliphatic carbocycles. The average molecular weight is 150 g/mol. The van der Waals surface area contributed by atoms with Gasteiger partial charge < -0.3 is 9.97 Å². The summed E-state index contributed by atoms with van der Waals surface area (Å²) < 4.78 is 0.759. The van der Waals surface area contributed by atoms with E-state index in [2.05, 4.69) is 9.97 Å². The number of rotatable bonds is 0. The Morgan fingerprint density at radius 3 is 3.00 bits per heavy atom. The number of aromatic nitrogens is 2. The maximum absolute atomic E-state index is 4.93. The van der Waals surface area contributed by atoms with E-state index in [0.29, 0.717) is 0 Å². The molecule has 0 spiro atoms. The van der Waals surface area contributed by atoms with Gasteiger partial charge in [-0.25, -0.2) is 0 Å². The molecule has 2 aromatic rings. The molecule has 2 aromatic heterocycles. The van der Waals surface area contributed by atoms with Crippen LogP contribution in [-0.2, 0) is 0 Å². The third kappa shape index (κ3) is 0.752. The monoisotopic (exact) mass is 150 g/mol. The Bertz CT molecular complexity index is 399. The minimum atomic E-state index is 0.759. The predicted octanol–water partition coefficient (Wildman–Crippen LogP) is 2.23. The Balaban J connectivity index is 2.99. The molecule has 10 heavy (non-hydrogen) atoms. The molecule has 0 bridgehead atoms. The maximum atomic E-state index is 4.93. The third-order valence-electron chi connectivity index (χ3n) is 1.44. The molecule has 0 aromatic carbocycles. The first kappa shape index (κ1) is 5.68. The quantitative estimate of drug-likeness (QED) is 0.554. The highest BCUT2D eigenvalue weighted by molar-refractivity contribution is 7.71. The fraction of sp³-hybridized carbons (Fsp3) is 0. The van der Waals surface area contributed by atoms with Crippen molar-refractivity contribution in [2.24, 2.45) is 0 Å². The van der Waals surface area contributed by atoms with Gasteiger partial charge in [0, 0.05) is 11.6 Å². The topological polar surface area (TPSA) is 31.6 Å². The molecule has 0 fully saturated rings. The second-order valence-electron chi connectivity index (χ2n) is 2.13. The third-order valence-corrected chi connectivity index (χ3v) is 1.68. The van der Waals surface area contributed by atoms with Gasteiger partial charge in [-0.15, -0.1) is 0 Å². The van der Waals surface area contributed by atoms with Gasteiger partial charge in [0.05, 0.1) is 0 Å². The van der Waals surface area contributed by atoms with E-state index < -0.39 is 0 Å². The van der Waals surface area contributed by atoms with Crippen LogP contribution in [0.3, 0.4) is 0 Å². The summed E-state index contributed by atoms with van der Waals surface area (Å²) in [5, 5.41) is 1.16. The lowest BCUT2D eigenvalue weighted by atomic mass is 10.3. The molecule has 0 aliphatic heterocycles. The highest BCUT2D eigenvalue weighted by Gasteiger charge is 1.89. The normalized spacial score (nSPS) is 10.4. The van der Waals surface area contributed by atoms with Gasteiger partial charge in [0.25, 0.3) is 0 Å². The summed E-state index contributed by atoms with van der Waals surface area (Å²) in [6.45, 7) is 0. The highest BCUT2D eigenvalue weighted by atomic mass is 32.1. The second-order valence-corrected chi connectivity index (χ2v) is 2.57. The first-order valence-electron chi connectivity index (χ1n) is 3.03. The van der Waals surface area contributed by atoms with Crippen LogP contribution in [0, 0.1) is 4.64 Å². The number of nitrogens with one attached hydrogen (secondary N) is 2. The highest BCUT2D eigenvalue weighted by Crippen LogP contribution is 2.07. The zero-order valence-electron chi connectivity index (χ0n) is 5.22. The molecule has 2 heterocycles. The summed E-state index contributed by atoms with van der Waals surface area (Å²) in [6.07, 6.45) is 1.88. The van der Waals surface area contributed by atoms with E-state index in [4.69, 9.17) is 12.2 Å². The smallest absolute Gasteiger partial charge is 0.115 e. The van der Waals surface area contributed by atoms with Gasteiger partial charge in [0.2, 0.25) is 0 Å². The molecule has 2 nitrogen and oxygen atoms in total. The summed E-state index contributed by atoms with van der Waals surface area (Å²) >= 11 is 4.93. The van der Waals surface area contributed by atoms with Crippen LogP contribution >= 0.6 is 12.2 Å². The predicted molar refractivity (Wildman–Crippen MR) is 43.5 cm³/mol. The zero-order chi connectivity index (χ0) is 6.97. The summed E-state index contributed by atoms with van der Waals surface area (Å²) in [5.41, 5.74) is 0.993. The van der Waals surface area contributed by atoms with Crippen molar-refractivity contribution in [3.05, 3.63) is 29.0 Å². The molecule has 0 saturated carbocycles. The van der Waals surface area contributed by atoms with E-state index in [1.54, 1.807) is 0 Å². The molecule has 0 radical (unpaired) electrons. The summed E-state index contributed by atoms with van der Waals surface area (Å²) in [5.74, 6) is 0. The van der Waals surface area contributed by atoms with Crippen LogP contribution in [0.1, 0.15) is 0 Å². The van der Waals surface area contributed by atoms with Crippen molar-refractivity contribution in [3.8, 4) is 0 Å². The van der Waals surface area contributed by atoms with Gasteiger partial charge in [-0.05, 0) is 18.2 Å². The molecule has 0 saturated heterocycles. The lowest BCUT2D eigenvalue weighted by Crippen LogP contribution is -1.74. The van der Waals surface area contributed by atoms with Crippen LogP contribution in [0.4, 0.5) is 0 Å². The Morgan fingerprint density at radius 1 is 1.20 bits per heavy atom. The van der Waals surface area contributed by atoms with Gasteiger partial charge in [0.15, 0.2) is 0 Å². The van der Waals surface area contributed by atoms with Crippen molar-refractivity contribution in [1.29, 1.82) is 0 Å². The molecular weight excluding hydrogens is 144 g/mol. The standard InChI is InChI=1S/C7H6N2S/c10-6-2-1-5-3-4-8-7(5)9-6/h1-4H,(H2,8,9,10). The SMILES string of the molecule is S=c1ccc2cc[nH]c2[nH]1.